The molecule has 0 aliphatic heterocycles. The van der Waals surface area contributed by atoms with Gasteiger partial charge in [-0.1, -0.05) is 55.8 Å². The summed E-state index contributed by atoms with van der Waals surface area (Å²) in [6.45, 7) is 4.67. The van der Waals surface area contributed by atoms with Crippen molar-refractivity contribution in [2.24, 2.45) is 5.92 Å². The van der Waals surface area contributed by atoms with Crippen molar-refractivity contribution in [2.45, 2.75) is 45.5 Å². The normalized spacial score (nSPS) is 13.5. The summed E-state index contributed by atoms with van der Waals surface area (Å²) in [4.78, 5) is 24.6. The number of carbonyl (C=O) groups excluding carboxylic acids is 1. The fraction of sp³-hybridized carbons (Fsp3) is 0.360. The van der Waals surface area contributed by atoms with Gasteiger partial charge in [0.25, 0.3) is 5.91 Å². The molecule has 2 N–H and O–H groups in total. The van der Waals surface area contributed by atoms with Crippen molar-refractivity contribution >= 4 is 17.5 Å². The lowest BCUT2D eigenvalue weighted by molar-refractivity contribution is -0.253. The Balaban J connectivity index is 1.87. The van der Waals surface area contributed by atoms with Gasteiger partial charge in [0.15, 0.2) is 11.6 Å². The Morgan fingerprint density at radius 1 is 1.06 bits per heavy atom. The Bertz CT molecular complexity index is 1240. The highest BCUT2D eigenvalue weighted by Crippen LogP contribution is 2.33. The first kappa shape index (κ1) is 27.3. The lowest BCUT2D eigenvalue weighted by atomic mass is 10.0. The van der Waals surface area contributed by atoms with E-state index < -0.39 is 23.7 Å². The zero-order valence-corrected chi connectivity index (χ0v) is 20.9. The summed E-state index contributed by atoms with van der Waals surface area (Å²) in [5.41, 5.74) is -0.443. The van der Waals surface area contributed by atoms with Crippen LogP contribution in [0.25, 0.3) is 22.8 Å². The molecule has 1 aromatic heterocycles. The number of benzene rings is 2. The van der Waals surface area contributed by atoms with E-state index in [2.05, 4.69) is 38.9 Å². The van der Waals surface area contributed by atoms with Crippen molar-refractivity contribution in [3.8, 4) is 28.8 Å². The molecule has 0 aliphatic rings. The molecule has 1 amide bonds. The van der Waals surface area contributed by atoms with Gasteiger partial charge in [0.1, 0.15) is 0 Å². The molecule has 0 saturated carbocycles. The number of halogens is 4. The quantitative estimate of drug-likeness (QED) is 0.414. The van der Waals surface area contributed by atoms with Gasteiger partial charge in [0.05, 0.1) is 5.02 Å². The van der Waals surface area contributed by atoms with Gasteiger partial charge in [-0.2, -0.15) is 23.1 Å². The third-order valence-corrected chi connectivity index (χ3v) is 5.92. The van der Waals surface area contributed by atoms with Crippen LogP contribution in [0.5, 0.6) is 6.01 Å². The Morgan fingerprint density at radius 2 is 1.67 bits per heavy atom. The molecule has 0 radical (unpaired) electrons. The SMILES string of the molecule is CO[C@](C)(C(=O)NCc1ccc(Cl)c(-c2nc(O)nc(-c3ccc(CC(C)C)cc3)n2)c1)C(F)(F)F. The summed E-state index contributed by atoms with van der Waals surface area (Å²) in [5.74, 6) is -0.544. The van der Waals surface area contributed by atoms with Crippen molar-refractivity contribution in [1.29, 1.82) is 0 Å². The first-order valence-corrected chi connectivity index (χ1v) is 11.4. The molecule has 192 valence electrons. The highest BCUT2D eigenvalue weighted by Gasteiger charge is 2.57. The van der Waals surface area contributed by atoms with Crippen LogP contribution in [0.3, 0.4) is 0 Å². The van der Waals surface area contributed by atoms with E-state index >= 15 is 0 Å². The van der Waals surface area contributed by atoms with E-state index in [1.165, 1.54) is 12.1 Å². The zero-order chi connectivity index (χ0) is 26.7. The summed E-state index contributed by atoms with van der Waals surface area (Å²) in [5, 5.41) is 12.6. The number of amides is 1. The number of methoxy groups -OCH3 is 1. The van der Waals surface area contributed by atoms with Crippen LogP contribution in [-0.4, -0.2) is 44.9 Å². The molecule has 0 bridgehead atoms. The second kappa shape index (κ2) is 10.8. The van der Waals surface area contributed by atoms with Crippen molar-refractivity contribution < 1.29 is 27.8 Å². The molecule has 11 heteroatoms. The topological polar surface area (TPSA) is 97.2 Å². The number of ether oxygens (including phenoxy) is 1. The summed E-state index contributed by atoms with van der Waals surface area (Å²) in [6.07, 6.45) is -3.98. The number of nitrogens with zero attached hydrogens (tertiary/aromatic N) is 3. The second-order valence-electron chi connectivity index (χ2n) is 8.81. The van der Waals surface area contributed by atoms with Crippen LogP contribution in [0, 0.1) is 5.92 Å². The van der Waals surface area contributed by atoms with Gasteiger partial charge in [-0.15, -0.1) is 0 Å². The molecule has 7 nitrogen and oxygen atoms in total. The highest BCUT2D eigenvalue weighted by atomic mass is 35.5. The summed E-state index contributed by atoms with van der Waals surface area (Å²) in [6, 6.07) is 11.6. The minimum atomic E-state index is -4.90. The molecule has 1 atom stereocenters. The van der Waals surface area contributed by atoms with Crippen LogP contribution in [0.2, 0.25) is 5.02 Å². The number of carbonyl (C=O) groups is 1. The second-order valence-corrected chi connectivity index (χ2v) is 9.22. The molecule has 1 heterocycles. The smallest absolute Gasteiger partial charge is 0.426 e. The fourth-order valence-electron chi connectivity index (χ4n) is 3.42. The van der Waals surface area contributed by atoms with Gasteiger partial charge in [-0.25, -0.2) is 4.98 Å². The van der Waals surface area contributed by atoms with Gasteiger partial charge in [0, 0.05) is 24.8 Å². The van der Waals surface area contributed by atoms with Crippen molar-refractivity contribution in [3.05, 3.63) is 58.6 Å². The first-order valence-electron chi connectivity index (χ1n) is 11.1. The maximum absolute atomic E-state index is 13.3. The van der Waals surface area contributed by atoms with E-state index in [9.17, 15) is 23.1 Å². The van der Waals surface area contributed by atoms with Crippen LogP contribution in [-0.2, 0) is 22.5 Å². The van der Waals surface area contributed by atoms with E-state index in [0.29, 0.717) is 29.5 Å². The van der Waals surface area contributed by atoms with Crippen LogP contribution in [0.4, 0.5) is 13.2 Å². The number of hydrogen-bond acceptors (Lipinski definition) is 6. The maximum atomic E-state index is 13.3. The van der Waals surface area contributed by atoms with Crippen LogP contribution < -0.4 is 5.32 Å². The molecule has 3 aromatic rings. The van der Waals surface area contributed by atoms with Crippen molar-refractivity contribution in [1.82, 2.24) is 20.3 Å². The molecule has 0 spiro atoms. The minimum absolute atomic E-state index is 0.0685. The van der Waals surface area contributed by atoms with Gasteiger partial charge in [0.2, 0.25) is 5.60 Å². The van der Waals surface area contributed by atoms with Crippen LogP contribution >= 0.6 is 11.6 Å². The number of aromatic hydroxyl groups is 1. The summed E-state index contributed by atoms with van der Waals surface area (Å²) >= 11 is 6.33. The van der Waals surface area contributed by atoms with Crippen molar-refractivity contribution in [3.63, 3.8) is 0 Å². The third kappa shape index (κ3) is 6.11. The molecule has 2 aromatic carbocycles. The number of rotatable bonds is 8. The van der Waals surface area contributed by atoms with Gasteiger partial charge in [-0.3, -0.25) is 4.79 Å². The molecule has 0 unspecified atom stereocenters. The fourth-order valence-corrected chi connectivity index (χ4v) is 3.62. The van der Waals surface area contributed by atoms with E-state index in [4.69, 9.17) is 11.6 Å². The molecule has 0 saturated heterocycles. The standard InChI is InChI=1S/C25H26ClF3N4O3/c1-14(2)11-15-5-8-17(9-6-15)20-31-21(33-23(35)32-20)18-12-16(7-10-19(18)26)13-30-22(34)24(3,36-4)25(27,28)29/h5-10,12,14H,11,13H2,1-4H3,(H,30,34)(H,31,32,33,35)/t24-/m1/s1. The van der Waals surface area contributed by atoms with Crippen LogP contribution in [0.15, 0.2) is 42.5 Å². The number of aromatic nitrogens is 3. The molecule has 36 heavy (non-hydrogen) atoms. The summed E-state index contributed by atoms with van der Waals surface area (Å²) in [7, 11) is 0.816. The van der Waals surface area contributed by atoms with Crippen molar-refractivity contribution in [2.75, 3.05) is 7.11 Å². The van der Waals surface area contributed by atoms with E-state index in [1.54, 1.807) is 6.07 Å². The molecular weight excluding hydrogens is 497 g/mol. The molecule has 3 rings (SSSR count). The third-order valence-electron chi connectivity index (χ3n) is 5.59. The largest absolute Gasteiger partial charge is 0.479 e. The minimum Gasteiger partial charge on any atom is -0.479 e. The average molecular weight is 523 g/mol. The maximum Gasteiger partial charge on any atom is 0.426 e. The van der Waals surface area contributed by atoms with E-state index in [0.717, 1.165) is 19.1 Å². The van der Waals surface area contributed by atoms with Crippen LogP contribution in [0.1, 0.15) is 31.9 Å². The molecule has 0 fully saturated rings. The Labute approximate surface area is 211 Å². The number of alkyl halides is 3. The predicted molar refractivity (Wildman–Crippen MR) is 129 cm³/mol. The van der Waals surface area contributed by atoms with Gasteiger partial charge < -0.3 is 15.2 Å². The Hall–Kier alpha value is -3.24. The highest BCUT2D eigenvalue weighted by molar-refractivity contribution is 6.33. The lowest BCUT2D eigenvalue weighted by Gasteiger charge is -2.29. The number of hydrogen-bond donors (Lipinski definition) is 2. The zero-order valence-electron chi connectivity index (χ0n) is 20.2. The monoisotopic (exact) mass is 522 g/mol. The molecular formula is C25H26ClF3N4O3. The lowest BCUT2D eigenvalue weighted by Crippen LogP contribution is -2.55. The summed E-state index contributed by atoms with van der Waals surface area (Å²) < 4.78 is 44.2. The first-order chi connectivity index (χ1) is 16.8. The number of nitrogens with one attached hydrogen (secondary N) is 1. The van der Waals surface area contributed by atoms with Gasteiger partial charge in [-0.05, 0) is 42.5 Å². The predicted octanol–water partition coefficient (Wildman–Crippen LogP) is 5.35. The average Bonchev–Trinajstić information content (AvgIpc) is 2.81. The Morgan fingerprint density at radius 3 is 2.25 bits per heavy atom. The molecule has 0 aliphatic carbocycles. The van der Waals surface area contributed by atoms with E-state index in [1.807, 2.05) is 24.3 Å². The van der Waals surface area contributed by atoms with E-state index in [-0.39, 0.29) is 23.2 Å². The Kier molecular flexibility index (Phi) is 8.20. The van der Waals surface area contributed by atoms with Gasteiger partial charge >= 0.3 is 12.2 Å².